The van der Waals surface area contributed by atoms with Gasteiger partial charge in [-0.1, -0.05) is 17.7 Å². The van der Waals surface area contributed by atoms with E-state index in [4.69, 9.17) is 11.6 Å². The van der Waals surface area contributed by atoms with Gasteiger partial charge in [-0.15, -0.1) is 0 Å². The average Bonchev–Trinajstić information content (AvgIpc) is 2.34. The van der Waals surface area contributed by atoms with Crippen LogP contribution in [0, 0.1) is 9.39 Å². The van der Waals surface area contributed by atoms with E-state index in [0.29, 0.717) is 16.0 Å². The molecule has 1 N–H and O–H groups in total. The molecule has 0 aliphatic carbocycles. The molecule has 1 nitrogen and oxygen atoms in total. The van der Waals surface area contributed by atoms with Crippen LogP contribution in [0.3, 0.4) is 0 Å². The van der Waals surface area contributed by atoms with Crippen molar-refractivity contribution in [3.8, 4) is 0 Å². The highest BCUT2D eigenvalue weighted by atomic mass is 127. The lowest BCUT2D eigenvalue weighted by molar-refractivity contribution is 0.619. The molecule has 0 fully saturated rings. The number of hydrogen-bond acceptors (Lipinski definition) is 1. The summed E-state index contributed by atoms with van der Waals surface area (Å²) in [6, 6.07) is 10.8. The molecular formula is C13H9BrClFIN. The molecule has 0 aliphatic rings. The summed E-state index contributed by atoms with van der Waals surface area (Å²) in [5, 5.41) is 3.86. The lowest BCUT2D eigenvalue weighted by Crippen LogP contribution is -2.00. The van der Waals surface area contributed by atoms with Crippen LogP contribution in [-0.4, -0.2) is 0 Å². The Morgan fingerprint density at radius 1 is 1.22 bits per heavy atom. The summed E-state index contributed by atoms with van der Waals surface area (Å²) >= 11 is 11.4. The third-order valence-electron chi connectivity index (χ3n) is 2.40. The van der Waals surface area contributed by atoms with Crippen molar-refractivity contribution in [2.75, 3.05) is 5.32 Å². The molecule has 0 radical (unpaired) electrons. The van der Waals surface area contributed by atoms with E-state index in [1.807, 2.05) is 24.3 Å². The van der Waals surface area contributed by atoms with E-state index >= 15 is 0 Å². The Kier molecular flexibility index (Phi) is 4.86. The molecule has 2 rings (SSSR count). The summed E-state index contributed by atoms with van der Waals surface area (Å²) in [5.74, 6) is -0.261. The summed E-state index contributed by atoms with van der Waals surface area (Å²) in [6.45, 7) is 0.532. The smallest absolute Gasteiger partial charge is 0.137 e. The van der Waals surface area contributed by atoms with Gasteiger partial charge in [0, 0.05) is 10.1 Å². The SMILES string of the molecule is Fc1cc(CNc2cc(I)ccc2Cl)ccc1Br. The fraction of sp³-hybridized carbons (Fsp3) is 0.0769. The van der Waals surface area contributed by atoms with Gasteiger partial charge in [0.15, 0.2) is 0 Å². The highest BCUT2D eigenvalue weighted by Gasteiger charge is 2.03. The number of nitrogens with one attached hydrogen (secondary N) is 1. The van der Waals surface area contributed by atoms with Gasteiger partial charge >= 0.3 is 0 Å². The van der Waals surface area contributed by atoms with Gasteiger partial charge in [-0.25, -0.2) is 4.39 Å². The Labute approximate surface area is 132 Å². The summed E-state index contributed by atoms with van der Waals surface area (Å²) < 4.78 is 14.9. The molecule has 0 bridgehead atoms. The van der Waals surface area contributed by atoms with Crippen LogP contribution in [0.5, 0.6) is 0 Å². The Hall–Kier alpha value is -0.330. The molecule has 0 saturated heterocycles. The first kappa shape index (κ1) is 14.1. The molecule has 18 heavy (non-hydrogen) atoms. The minimum Gasteiger partial charge on any atom is -0.380 e. The van der Waals surface area contributed by atoms with Crippen molar-refractivity contribution < 1.29 is 4.39 Å². The van der Waals surface area contributed by atoms with Gasteiger partial charge in [-0.05, 0) is 74.4 Å². The number of benzene rings is 2. The maximum absolute atomic E-state index is 13.3. The second-order valence-corrected chi connectivity index (χ2v) is 6.23. The minimum absolute atomic E-state index is 0.261. The first-order chi connectivity index (χ1) is 8.56. The second-order valence-electron chi connectivity index (χ2n) is 3.73. The fourth-order valence-electron chi connectivity index (χ4n) is 1.48. The standard InChI is InChI=1S/C13H9BrClFIN/c14-10-3-1-8(5-12(10)16)7-18-13-6-9(17)2-4-11(13)15/h1-6,18H,7H2. The molecule has 0 atom stereocenters. The lowest BCUT2D eigenvalue weighted by atomic mass is 10.2. The zero-order chi connectivity index (χ0) is 13.1. The Balaban J connectivity index is 2.11. The van der Waals surface area contributed by atoms with Gasteiger partial charge in [0.2, 0.25) is 0 Å². The van der Waals surface area contributed by atoms with Crippen molar-refractivity contribution in [1.82, 2.24) is 0 Å². The first-order valence-corrected chi connectivity index (χ1v) is 7.44. The molecule has 94 valence electrons. The van der Waals surface area contributed by atoms with Gasteiger partial charge in [-0.3, -0.25) is 0 Å². The van der Waals surface area contributed by atoms with E-state index in [2.05, 4.69) is 43.8 Å². The van der Waals surface area contributed by atoms with Crippen LogP contribution in [0.15, 0.2) is 40.9 Å². The van der Waals surface area contributed by atoms with Crippen LogP contribution in [0.4, 0.5) is 10.1 Å². The normalized spacial score (nSPS) is 10.4. The predicted molar refractivity (Wildman–Crippen MR) is 85.6 cm³/mol. The van der Waals surface area contributed by atoms with Crippen molar-refractivity contribution in [2.45, 2.75) is 6.54 Å². The Morgan fingerprint density at radius 3 is 2.72 bits per heavy atom. The van der Waals surface area contributed by atoms with Gasteiger partial charge in [-0.2, -0.15) is 0 Å². The van der Waals surface area contributed by atoms with Crippen molar-refractivity contribution in [2.24, 2.45) is 0 Å². The molecule has 2 aromatic rings. The summed E-state index contributed by atoms with van der Waals surface area (Å²) in [7, 11) is 0. The van der Waals surface area contributed by atoms with Crippen LogP contribution in [0.1, 0.15) is 5.56 Å². The molecule has 0 aliphatic heterocycles. The largest absolute Gasteiger partial charge is 0.380 e. The van der Waals surface area contributed by atoms with Crippen molar-refractivity contribution in [1.29, 1.82) is 0 Å². The van der Waals surface area contributed by atoms with E-state index in [-0.39, 0.29) is 5.82 Å². The fourth-order valence-corrected chi connectivity index (χ4v) is 2.40. The topological polar surface area (TPSA) is 12.0 Å². The Bertz CT molecular complexity index is 577. The minimum atomic E-state index is -0.261. The molecular weight excluding hydrogens is 431 g/mol. The van der Waals surface area contributed by atoms with E-state index in [0.717, 1.165) is 14.8 Å². The molecule has 5 heteroatoms. The number of anilines is 1. The highest BCUT2D eigenvalue weighted by Crippen LogP contribution is 2.25. The third-order valence-corrected chi connectivity index (χ3v) is 4.04. The molecule has 0 aromatic heterocycles. The summed E-state index contributed by atoms with van der Waals surface area (Å²) in [4.78, 5) is 0. The van der Waals surface area contributed by atoms with E-state index in [9.17, 15) is 4.39 Å². The van der Waals surface area contributed by atoms with Gasteiger partial charge in [0.1, 0.15) is 5.82 Å². The maximum atomic E-state index is 13.3. The molecule has 0 saturated carbocycles. The predicted octanol–water partition coefficient (Wildman–Crippen LogP) is 5.46. The second kappa shape index (κ2) is 6.21. The summed E-state index contributed by atoms with van der Waals surface area (Å²) in [6.07, 6.45) is 0. The van der Waals surface area contributed by atoms with Gasteiger partial charge in [0.05, 0.1) is 15.2 Å². The molecule has 0 heterocycles. The third kappa shape index (κ3) is 3.59. The van der Waals surface area contributed by atoms with Crippen molar-refractivity contribution in [3.05, 3.63) is 60.8 Å². The molecule has 2 aromatic carbocycles. The van der Waals surface area contributed by atoms with Crippen LogP contribution in [0.25, 0.3) is 0 Å². The zero-order valence-electron chi connectivity index (χ0n) is 9.18. The van der Waals surface area contributed by atoms with E-state index < -0.39 is 0 Å². The maximum Gasteiger partial charge on any atom is 0.137 e. The van der Waals surface area contributed by atoms with E-state index in [1.165, 1.54) is 6.07 Å². The van der Waals surface area contributed by atoms with Crippen LogP contribution in [0.2, 0.25) is 5.02 Å². The zero-order valence-corrected chi connectivity index (χ0v) is 13.7. The Morgan fingerprint density at radius 2 is 2.00 bits per heavy atom. The van der Waals surface area contributed by atoms with Crippen molar-refractivity contribution in [3.63, 3.8) is 0 Å². The van der Waals surface area contributed by atoms with Crippen LogP contribution >= 0.6 is 50.1 Å². The lowest BCUT2D eigenvalue weighted by Gasteiger charge is -2.09. The van der Waals surface area contributed by atoms with Gasteiger partial charge < -0.3 is 5.32 Å². The summed E-state index contributed by atoms with van der Waals surface area (Å²) in [5.41, 5.74) is 1.72. The van der Waals surface area contributed by atoms with E-state index in [1.54, 1.807) is 6.07 Å². The first-order valence-electron chi connectivity index (χ1n) is 5.19. The quantitative estimate of drug-likeness (QED) is 0.625. The molecule has 0 spiro atoms. The van der Waals surface area contributed by atoms with Crippen LogP contribution < -0.4 is 5.32 Å². The van der Waals surface area contributed by atoms with Crippen molar-refractivity contribution >= 4 is 55.8 Å². The average molecular weight is 440 g/mol. The molecule has 0 unspecified atom stereocenters. The number of rotatable bonds is 3. The molecule has 0 amide bonds. The van der Waals surface area contributed by atoms with Gasteiger partial charge in [0.25, 0.3) is 0 Å². The highest BCUT2D eigenvalue weighted by molar-refractivity contribution is 14.1. The number of halogens is 4. The number of hydrogen-bond donors (Lipinski definition) is 1. The monoisotopic (exact) mass is 439 g/mol. The van der Waals surface area contributed by atoms with Crippen LogP contribution in [-0.2, 0) is 6.54 Å².